The van der Waals surface area contributed by atoms with E-state index in [1.165, 1.54) is 23.1 Å². The van der Waals surface area contributed by atoms with Crippen molar-refractivity contribution in [3.05, 3.63) is 146 Å². The summed E-state index contributed by atoms with van der Waals surface area (Å²) in [6, 6.07) is 33.2. The van der Waals surface area contributed by atoms with Crippen molar-refractivity contribution in [3.8, 4) is 17.1 Å². The summed E-state index contributed by atoms with van der Waals surface area (Å²) >= 11 is 15.9. The number of hydrogen-bond donors (Lipinski definition) is 1. The van der Waals surface area contributed by atoms with Gasteiger partial charge in [-0.15, -0.1) is 21.5 Å². The second-order valence-electron chi connectivity index (χ2n) is 10.1. The van der Waals surface area contributed by atoms with Crippen LogP contribution in [-0.2, 0) is 12.2 Å². The normalized spacial score (nSPS) is 11.8. The Kier molecular flexibility index (Phi) is 9.43. The molecule has 0 spiro atoms. The molecule has 220 valence electrons. The van der Waals surface area contributed by atoms with Crippen LogP contribution in [0.5, 0.6) is 0 Å². The van der Waals surface area contributed by atoms with E-state index in [4.69, 9.17) is 23.2 Å². The first-order valence-electron chi connectivity index (χ1n) is 13.9. The first-order chi connectivity index (χ1) is 21.5. The number of amides is 1. The summed E-state index contributed by atoms with van der Waals surface area (Å²) in [6.07, 6.45) is 0.676. The number of rotatable bonds is 10. The number of nitrogens with one attached hydrogen (secondary N) is 1. The highest BCUT2D eigenvalue weighted by Gasteiger charge is 2.22. The maximum atomic E-state index is 13.4. The molecule has 0 aliphatic heterocycles. The Hall–Kier alpha value is -3.95. The van der Waals surface area contributed by atoms with Gasteiger partial charge in [-0.1, -0.05) is 114 Å². The smallest absolute Gasteiger partial charge is 0.271 e. The summed E-state index contributed by atoms with van der Waals surface area (Å²) < 4.78 is 1.97. The Balaban J connectivity index is 1.22. The predicted octanol–water partition coefficient (Wildman–Crippen LogP) is 9.01. The standard InChI is InChI=1S/C34H27Cl2N5OS2/c1-22-16-17-25(35)19-30(22)41-32(26-14-8-9-15-27(26)36)39-40-34(41)44-21-31-37-29(20-43-31)33(42)38-28(24-12-6-3-7-13-24)18-23-10-4-2-5-11-23/h2-17,19-20,28H,18,21H2,1H3,(H,38,42). The number of carbonyl (C=O) groups excluding carboxylic acids is 1. The zero-order valence-electron chi connectivity index (χ0n) is 23.7. The molecule has 1 N–H and O–H groups in total. The summed E-state index contributed by atoms with van der Waals surface area (Å²) in [6.45, 7) is 2.02. The lowest BCUT2D eigenvalue weighted by Crippen LogP contribution is -2.30. The third-order valence-electron chi connectivity index (χ3n) is 7.06. The molecular weight excluding hydrogens is 629 g/mol. The van der Waals surface area contributed by atoms with Crippen molar-refractivity contribution in [3.63, 3.8) is 0 Å². The molecule has 0 fully saturated rings. The van der Waals surface area contributed by atoms with E-state index in [0.717, 1.165) is 32.9 Å². The molecule has 10 heteroatoms. The van der Waals surface area contributed by atoms with Crippen molar-refractivity contribution in [2.75, 3.05) is 0 Å². The SMILES string of the molecule is Cc1ccc(Cl)cc1-n1c(SCc2nc(C(=O)NC(Cc3ccccc3)c3ccccc3)cs2)nnc1-c1ccccc1Cl. The molecule has 44 heavy (non-hydrogen) atoms. The number of nitrogens with zero attached hydrogens (tertiary/aromatic N) is 4. The van der Waals surface area contributed by atoms with Crippen LogP contribution in [0.1, 0.15) is 38.2 Å². The summed E-state index contributed by atoms with van der Waals surface area (Å²) in [4.78, 5) is 18.1. The fourth-order valence-corrected chi connectivity index (χ4v) is 6.97. The molecule has 0 aliphatic rings. The van der Waals surface area contributed by atoms with Crippen LogP contribution in [0.2, 0.25) is 10.0 Å². The number of benzene rings is 4. The van der Waals surface area contributed by atoms with Gasteiger partial charge in [-0.3, -0.25) is 9.36 Å². The van der Waals surface area contributed by atoms with Crippen molar-refractivity contribution in [2.24, 2.45) is 0 Å². The van der Waals surface area contributed by atoms with Crippen molar-refractivity contribution in [2.45, 2.75) is 30.3 Å². The fourth-order valence-electron chi connectivity index (χ4n) is 4.85. The van der Waals surface area contributed by atoms with Crippen LogP contribution in [-0.4, -0.2) is 25.7 Å². The van der Waals surface area contributed by atoms with Crippen molar-refractivity contribution in [1.82, 2.24) is 25.1 Å². The molecule has 0 bridgehead atoms. The second kappa shape index (κ2) is 13.8. The Morgan fingerprint density at radius 3 is 2.43 bits per heavy atom. The van der Waals surface area contributed by atoms with E-state index in [2.05, 4.69) is 32.6 Å². The minimum atomic E-state index is -0.207. The second-order valence-corrected chi connectivity index (χ2v) is 12.8. The molecule has 1 atom stereocenters. The van der Waals surface area contributed by atoms with Gasteiger partial charge < -0.3 is 5.32 Å². The van der Waals surface area contributed by atoms with Gasteiger partial charge >= 0.3 is 0 Å². The van der Waals surface area contributed by atoms with Crippen LogP contribution >= 0.6 is 46.3 Å². The zero-order valence-corrected chi connectivity index (χ0v) is 26.8. The topological polar surface area (TPSA) is 72.7 Å². The summed E-state index contributed by atoms with van der Waals surface area (Å²) in [5.74, 6) is 0.915. The molecule has 6 rings (SSSR count). The maximum absolute atomic E-state index is 13.4. The van der Waals surface area contributed by atoms with Crippen LogP contribution < -0.4 is 5.32 Å². The van der Waals surface area contributed by atoms with Crippen LogP contribution in [0.25, 0.3) is 17.1 Å². The number of thioether (sulfide) groups is 1. The number of aromatic nitrogens is 4. The Bertz CT molecular complexity index is 1890. The largest absolute Gasteiger partial charge is 0.344 e. The molecule has 1 unspecified atom stereocenters. The average molecular weight is 657 g/mol. The minimum Gasteiger partial charge on any atom is -0.344 e. The van der Waals surface area contributed by atoms with E-state index in [1.54, 1.807) is 5.38 Å². The van der Waals surface area contributed by atoms with Crippen LogP contribution in [0.15, 0.2) is 114 Å². The van der Waals surface area contributed by atoms with Crippen LogP contribution in [0, 0.1) is 6.92 Å². The highest BCUT2D eigenvalue weighted by molar-refractivity contribution is 7.98. The monoisotopic (exact) mass is 655 g/mol. The predicted molar refractivity (Wildman–Crippen MR) is 180 cm³/mol. The maximum Gasteiger partial charge on any atom is 0.271 e. The van der Waals surface area contributed by atoms with Gasteiger partial charge in [0.05, 0.1) is 22.5 Å². The van der Waals surface area contributed by atoms with Crippen LogP contribution in [0.3, 0.4) is 0 Å². The molecule has 2 aromatic heterocycles. The first kappa shape index (κ1) is 30.1. The van der Waals surface area contributed by atoms with Crippen molar-refractivity contribution < 1.29 is 4.79 Å². The van der Waals surface area contributed by atoms with E-state index < -0.39 is 0 Å². The Labute approximate surface area is 274 Å². The van der Waals surface area contributed by atoms with Gasteiger partial charge in [0.2, 0.25) is 0 Å². The Morgan fingerprint density at radius 2 is 1.66 bits per heavy atom. The molecule has 0 aliphatic carbocycles. The van der Waals surface area contributed by atoms with Gasteiger partial charge in [0.1, 0.15) is 10.7 Å². The van der Waals surface area contributed by atoms with Gasteiger partial charge in [0.15, 0.2) is 11.0 Å². The van der Waals surface area contributed by atoms with Gasteiger partial charge in [-0.25, -0.2) is 4.98 Å². The van der Waals surface area contributed by atoms with Gasteiger partial charge in [0, 0.05) is 16.0 Å². The molecule has 0 saturated carbocycles. The summed E-state index contributed by atoms with van der Waals surface area (Å²) in [5.41, 5.74) is 5.23. The molecule has 6 nitrogen and oxygen atoms in total. The molecule has 6 aromatic rings. The van der Waals surface area contributed by atoms with E-state index in [0.29, 0.717) is 38.9 Å². The summed E-state index contributed by atoms with van der Waals surface area (Å²) in [7, 11) is 0. The quantitative estimate of drug-likeness (QED) is 0.149. The summed E-state index contributed by atoms with van der Waals surface area (Å²) in [5, 5.41) is 16.7. The average Bonchev–Trinajstić information content (AvgIpc) is 3.70. The lowest BCUT2D eigenvalue weighted by Gasteiger charge is -2.19. The molecule has 0 saturated heterocycles. The lowest BCUT2D eigenvalue weighted by atomic mass is 9.99. The molecular formula is C34H27Cl2N5OS2. The third-order valence-corrected chi connectivity index (χ3v) is 9.60. The Morgan fingerprint density at radius 1 is 0.932 bits per heavy atom. The van der Waals surface area contributed by atoms with Gasteiger partial charge in [-0.05, 0) is 54.3 Å². The minimum absolute atomic E-state index is 0.187. The van der Waals surface area contributed by atoms with Gasteiger partial charge in [0.25, 0.3) is 5.91 Å². The molecule has 2 heterocycles. The molecule has 0 radical (unpaired) electrons. The fraction of sp³-hybridized carbons (Fsp3) is 0.118. The number of carbonyl (C=O) groups is 1. The van der Waals surface area contributed by atoms with Gasteiger partial charge in [-0.2, -0.15) is 0 Å². The van der Waals surface area contributed by atoms with Crippen molar-refractivity contribution >= 4 is 52.2 Å². The van der Waals surface area contributed by atoms with E-state index in [9.17, 15) is 4.79 Å². The van der Waals surface area contributed by atoms with E-state index in [1.807, 2.05) is 102 Å². The number of aryl methyl sites for hydroxylation is 1. The number of thiazole rings is 1. The third kappa shape index (κ3) is 6.89. The van der Waals surface area contributed by atoms with Crippen LogP contribution in [0.4, 0.5) is 0 Å². The van der Waals surface area contributed by atoms with Crippen molar-refractivity contribution in [1.29, 1.82) is 0 Å². The lowest BCUT2D eigenvalue weighted by molar-refractivity contribution is 0.0932. The molecule has 4 aromatic carbocycles. The number of halogens is 2. The first-order valence-corrected chi connectivity index (χ1v) is 16.5. The number of hydrogen-bond acceptors (Lipinski definition) is 6. The highest BCUT2D eigenvalue weighted by atomic mass is 35.5. The van der Waals surface area contributed by atoms with E-state index >= 15 is 0 Å². The highest BCUT2D eigenvalue weighted by Crippen LogP contribution is 2.35. The zero-order chi connectivity index (χ0) is 30.5. The van der Waals surface area contributed by atoms with E-state index in [-0.39, 0.29) is 11.9 Å². The molecule has 1 amide bonds.